The summed E-state index contributed by atoms with van der Waals surface area (Å²) in [6, 6.07) is 17.3. The highest BCUT2D eigenvalue weighted by Gasteiger charge is 2.18. The fourth-order valence-corrected chi connectivity index (χ4v) is 3.75. The lowest BCUT2D eigenvalue weighted by atomic mass is 10.1. The zero-order valence-electron chi connectivity index (χ0n) is 19.0. The monoisotopic (exact) mass is 435 g/mol. The van der Waals surface area contributed by atoms with Crippen molar-refractivity contribution in [2.24, 2.45) is 0 Å². The number of hydrogen-bond acceptors (Lipinski definition) is 5. The number of aryl methyl sites for hydroxylation is 2. The Labute approximate surface area is 188 Å². The maximum Gasteiger partial charge on any atom is 0.310 e. The van der Waals surface area contributed by atoms with E-state index < -0.39 is 5.97 Å². The number of ether oxygens (including phenoxy) is 3. The van der Waals surface area contributed by atoms with Crippen LogP contribution in [0.5, 0.6) is 11.5 Å². The summed E-state index contributed by atoms with van der Waals surface area (Å²) < 4.78 is 17.8. The number of carbonyl (C=O) groups excluding carboxylic acids is 2. The van der Waals surface area contributed by atoms with Crippen molar-refractivity contribution in [3.63, 3.8) is 0 Å². The Morgan fingerprint density at radius 1 is 0.875 bits per heavy atom. The zero-order chi connectivity index (χ0) is 23.1. The third-order valence-electron chi connectivity index (χ3n) is 5.50. The van der Waals surface area contributed by atoms with Gasteiger partial charge in [-0.3, -0.25) is 9.59 Å². The maximum atomic E-state index is 12.7. The smallest absolute Gasteiger partial charge is 0.310 e. The van der Waals surface area contributed by atoms with Crippen molar-refractivity contribution in [1.82, 2.24) is 4.57 Å². The number of Topliss-reactive ketones (excluding diaryl/α,β-unsaturated/α-hetero) is 1. The molecule has 0 aliphatic rings. The van der Waals surface area contributed by atoms with Gasteiger partial charge in [-0.15, -0.1) is 0 Å². The molecule has 6 heteroatoms. The van der Waals surface area contributed by atoms with Crippen molar-refractivity contribution in [3.8, 4) is 11.5 Å². The molecular formula is C26H29NO5. The molecule has 1 heterocycles. The molecule has 0 aliphatic carbocycles. The van der Waals surface area contributed by atoms with Gasteiger partial charge in [0.05, 0.1) is 20.6 Å². The molecule has 0 spiro atoms. The molecule has 0 unspecified atom stereocenters. The number of aromatic nitrogens is 1. The molecule has 0 saturated carbocycles. The lowest BCUT2D eigenvalue weighted by molar-refractivity contribution is -0.141. The predicted molar refractivity (Wildman–Crippen MR) is 123 cm³/mol. The van der Waals surface area contributed by atoms with Crippen molar-refractivity contribution < 1.29 is 23.8 Å². The molecule has 0 saturated heterocycles. The van der Waals surface area contributed by atoms with Crippen LogP contribution in [0.1, 0.15) is 32.9 Å². The van der Waals surface area contributed by atoms with E-state index in [1.54, 1.807) is 25.3 Å². The molecule has 0 aliphatic heterocycles. The Kier molecular flexibility index (Phi) is 7.71. The number of methoxy groups -OCH3 is 2. The van der Waals surface area contributed by atoms with Gasteiger partial charge >= 0.3 is 5.97 Å². The molecular weight excluding hydrogens is 406 g/mol. The molecule has 3 rings (SSSR count). The van der Waals surface area contributed by atoms with Crippen LogP contribution in [0, 0.1) is 13.8 Å². The summed E-state index contributed by atoms with van der Waals surface area (Å²) in [5.41, 5.74) is 4.46. The molecule has 3 aromatic rings. The first-order valence-electron chi connectivity index (χ1n) is 10.5. The Bertz CT molecular complexity index is 1090. The lowest BCUT2D eigenvalue weighted by Crippen LogP contribution is -2.16. The Balaban J connectivity index is 1.58. The fourth-order valence-electron chi connectivity index (χ4n) is 3.75. The SMILES string of the molecule is COc1ccc(CC(=O)OCC(=O)c2cc(C)n(CCc3ccccc3)c2C)cc1OC. The number of nitrogens with zero attached hydrogens (tertiary/aromatic N) is 1. The van der Waals surface area contributed by atoms with Gasteiger partial charge in [-0.05, 0) is 49.6 Å². The quantitative estimate of drug-likeness (QED) is 0.350. The third-order valence-corrected chi connectivity index (χ3v) is 5.50. The van der Waals surface area contributed by atoms with E-state index in [0.29, 0.717) is 17.1 Å². The molecule has 168 valence electrons. The van der Waals surface area contributed by atoms with E-state index in [1.165, 1.54) is 12.7 Å². The standard InChI is InChI=1S/C26H29NO5/c1-18-14-22(19(2)27(18)13-12-20-8-6-5-7-9-20)23(28)17-32-26(29)16-21-10-11-24(30-3)25(15-21)31-4/h5-11,14-15H,12-13,16-17H2,1-4H3. The van der Waals surface area contributed by atoms with Gasteiger partial charge in [0, 0.05) is 23.5 Å². The van der Waals surface area contributed by atoms with E-state index in [2.05, 4.69) is 16.7 Å². The molecule has 0 radical (unpaired) electrons. The van der Waals surface area contributed by atoms with Crippen molar-refractivity contribution in [2.75, 3.05) is 20.8 Å². The number of carbonyl (C=O) groups is 2. The molecule has 0 bridgehead atoms. The van der Waals surface area contributed by atoms with E-state index in [-0.39, 0.29) is 18.8 Å². The predicted octanol–water partition coefficient (Wildman–Crippen LogP) is 4.33. The van der Waals surface area contributed by atoms with E-state index >= 15 is 0 Å². The second-order valence-corrected chi connectivity index (χ2v) is 7.62. The minimum absolute atomic E-state index is 0.0454. The average molecular weight is 436 g/mol. The van der Waals surface area contributed by atoms with Crippen molar-refractivity contribution in [3.05, 3.63) is 82.7 Å². The molecule has 6 nitrogen and oxygen atoms in total. The number of benzene rings is 2. The first kappa shape index (κ1) is 23.1. The minimum Gasteiger partial charge on any atom is -0.493 e. The minimum atomic E-state index is -0.469. The van der Waals surface area contributed by atoms with Crippen LogP contribution >= 0.6 is 0 Å². The van der Waals surface area contributed by atoms with Gasteiger partial charge in [-0.2, -0.15) is 0 Å². The van der Waals surface area contributed by atoms with E-state index in [9.17, 15) is 9.59 Å². The summed E-state index contributed by atoms with van der Waals surface area (Å²) in [5.74, 6) is 0.451. The second-order valence-electron chi connectivity index (χ2n) is 7.62. The highest BCUT2D eigenvalue weighted by Crippen LogP contribution is 2.27. The number of esters is 1. The van der Waals surface area contributed by atoms with Crippen LogP contribution in [0.4, 0.5) is 0 Å². The van der Waals surface area contributed by atoms with Gasteiger partial charge in [0.15, 0.2) is 18.1 Å². The summed E-state index contributed by atoms with van der Waals surface area (Å²) in [4.78, 5) is 25.0. The fraction of sp³-hybridized carbons (Fsp3) is 0.308. The largest absolute Gasteiger partial charge is 0.493 e. The van der Waals surface area contributed by atoms with Gasteiger partial charge in [-0.1, -0.05) is 36.4 Å². The maximum absolute atomic E-state index is 12.7. The van der Waals surface area contributed by atoms with E-state index in [1.807, 2.05) is 38.1 Å². The number of hydrogen-bond donors (Lipinski definition) is 0. The molecule has 0 amide bonds. The first-order chi connectivity index (χ1) is 15.4. The lowest BCUT2D eigenvalue weighted by Gasteiger charge is -2.10. The van der Waals surface area contributed by atoms with Gasteiger partial charge in [0.2, 0.25) is 5.78 Å². The average Bonchev–Trinajstić information content (AvgIpc) is 3.09. The summed E-state index contributed by atoms with van der Waals surface area (Å²) in [5, 5.41) is 0. The van der Waals surface area contributed by atoms with Crippen LogP contribution in [-0.4, -0.2) is 37.1 Å². The topological polar surface area (TPSA) is 66.8 Å². The molecule has 1 aromatic heterocycles. The summed E-state index contributed by atoms with van der Waals surface area (Å²) in [6.07, 6.45) is 0.925. The van der Waals surface area contributed by atoms with Crippen LogP contribution in [0.15, 0.2) is 54.6 Å². The van der Waals surface area contributed by atoms with Crippen LogP contribution in [0.25, 0.3) is 0 Å². The van der Waals surface area contributed by atoms with Crippen LogP contribution < -0.4 is 9.47 Å². The molecule has 0 atom stereocenters. The van der Waals surface area contributed by atoms with Crippen LogP contribution in [0.2, 0.25) is 0 Å². The number of rotatable bonds is 10. The first-order valence-corrected chi connectivity index (χ1v) is 10.5. The molecule has 0 N–H and O–H groups in total. The summed E-state index contributed by atoms with van der Waals surface area (Å²) in [6.45, 7) is 4.41. The molecule has 2 aromatic carbocycles. The second kappa shape index (κ2) is 10.7. The highest BCUT2D eigenvalue weighted by molar-refractivity contribution is 5.99. The Morgan fingerprint density at radius 3 is 2.28 bits per heavy atom. The zero-order valence-corrected chi connectivity index (χ0v) is 19.0. The van der Waals surface area contributed by atoms with Gasteiger partial charge in [0.1, 0.15) is 0 Å². The number of ketones is 1. The highest BCUT2D eigenvalue weighted by atomic mass is 16.5. The Morgan fingerprint density at radius 2 is 1.59 bits per heavy atom. The van der Waals surface area contributed by atoms with E-state index in [4.69, 9.17) is 14.2 Å². The van der Waals surface area contributed by atoms with E-state index in [0.717, 1.165) is 29.9 Å². The van der Waals surface area contributed by atoms with Gasteiger partial charge in [-0.25, -0.2) is 0 Å². The molecule has 32 heavy (non-hydrogen) atoms. The van der Waals surface area contributed by atoms with Crippen molar-refractivity contribution >= 4 is 11.8 Å². The third kappa shape index (κ3) is 5.58. The normalized spacial score (nSPS) is 10.6. The molecule has 0 fully saturated rings. The van der Waals surface area contributed by atoms with Gasteiger partial charge in [0.25, 0.3) is 0 Å². The summed E-state index contributed by atoms with van der Waals surface area (Å²) in [7, 11) is 3.09. The van der Waals surface area contributed by atoms with Crippen molar-refractivity contribution in [1.29, 1.82) is 0 Å². The van der Waals surface area contributed by atoms with Crippen LogP contribution in [0.3, 0.4) is 0 Å². The summed E-state index contributed by atoms with van der Waals surface area (Å²) >= 11 is 0. The Hall–Kier alpha value is -3.54. The van der Waals surface area contributed by atoms with Crippen LogP contribution in [-0.2, 0) is 28.9 Å². The van der Waals surface area contributed by atoms with Gasteiger partial charge < -0.3 is 18.8 Å². The van der Waals surface area contributed by atoms with Crippen molar-refractivity contribution in [2.45, 2.75) is 33.2 Å².